The third-order valence-corrected chi connectivity index (χ3v) is 6.68. The van der Waals surface area contributed by atoms with Crippen molar-refractivity contribution >= 4 is 8.80 Å². The predicted octanol–water partition coefficient (Wildman–Crippen LogP) is 4.24. The van der Waals surface area contributed by atoms with Crippen LogP contribution in [0.15, 0.2) is 11.3 Å². The van der Waals surface area contributed by atoms with Gasteiger partial charge in [0.25, 0.3) is 0 Å². The van der Waals surface area contributed by atoms with Gasteiger partial charge in [0.15, 0.2) is 0 Å². The van der Waals surface area contributed by atoms with E-state index >= 15 is 0 Å². The summed E-state index contributed by atoms with van der Waals surface area (Å²) in [6.07, 6.45) is 11.1. The normalized spacial score (nSPS) is 18.4. The molecule has 1 aliphatic rings. The molecule has 19 heavy (non-hydrogen) atoms. The molecule has 0 unspecified atom stereocenters. The minimum Gasteiger partial charge on any atom is -0.370 e. The number of hydrogen-bond donors (Lipinski definition) is 0. The molecule has 0 radical (unpaired) electrons. The molecule has 0 aliphatic heterocycles. The Labute approximate surface area is 119 Å². The highest BCUT2D eigenvalue weighted by molar-refractivity contribution is 6.68. The van der Waals surface area contributed by atoms with Crippen LogP contribution in [0.3, 0.4) is 0 Å². The molecule has 0 aromatic rings. The Bertz CT molecular complexity index is 249. The van der Waals surface area contributed by atoms with Gasteiger partial charge in [0, 0.05) is 19.8 Å². The lowest BCUT2D eigenvalue weighted by molar-refractivity contribution is 0.0796. The molecule has 0 spiro atoms. The zero-order chi connectivity index (χ0) is 14.0. The molecular formula is C15H30O3Si. The highest BCUT2D eigenvalue weighted by atomic mass is 28.4. The van der Waals surface area contributed by atoms with Gasteiger partial charge in [0.1, 0.15) is 0 Å². The quantitative estimate of drug-likeness (QED) is 0.655. The van der Waals surface area contributed by atoms with Crippen molar-refractivity contribution in [2.45, 2.75) is 65.7 Å². The Morgan fingerprint density at radius 3 is 1.95 bits per heavy atom. The molecule has 0 aromatic heterocycles. The summed E-state index contributed by atoms with van der Waals surface area (Å²) in [4.78, 5) is 0. The standard InChI is InChI=1S/C15H30O3Si/c1-4-16-19(17-5-2,18-6-3)15-13-11-9-7-8-10-12-14-15/h13H,4-12,14H2,1-3H3. The van der Waals surface area contributed by atoms with Crippen LogP contribution in [0.1, 0.15) is 65.7 Å². The third kappa shape index (κ3) is 5.38. The highest BCUT2D eigenvalue weighted by Gasteiger charge is 2.44. The van der Waals surface area contributed by atoms with Crippen LogP contribution in [0.2, 0.25) is 0 Å². The Morgan fingerprint density at radius 2 is 1.37 bits per heavy atom. The lowest BCUT2D eigenvalue weighted by atomic mass is 10.1. The zero-order valence-electron chi connectivity index (χ0n) is 12.9. The first-order valence-electron chi connectivity index (χ1n) is 7.90. The van der Waals surface area contributed by atoms with E-state index in [9.17, 15) is 0 Å². The predicted molar refractivity (Wildman–Crippen MR) is 81.0 cm³/mol. The van der Waals surface area contributed by atoms with Crippen LogP contribution in [-0.2, 0) is 13.3 Å². The minimum atomic E-state index is -2.61. The van der Waals surface area contributed by atoms with Crippen molar-refractivity contribution in [2.75, 3.05) is 19.8 Å². The highest BCUT2D eigenvalue weighted by Crippen LogP contribution is 2.27. The number of allylic oxidation sites excluding steroid dienone is 2. The molecule has 0 saturated carbocycles. The summed E-state index contributed by atoms with van der Waals surface area (Å²) in [6.45, 7) is 8.04. The molecular weight excluding hydrogens is 256 g/mol. The summed E-state index contributed by atoms with van der Waals surface area (Å²) in [5, 5.41) is 1.32. The number of hydrogen-bond acceptors (Lipinski definition) is 3. The second-order valence-corrected chi connectivity index (χ2v) is 7.51. The second kappa shape index (κ2) is 9.70. The van der Waals surface area contributed by atoms with E-state index in [0.29, 0.717) is 19.8 Å². The van der Waals surface area contributed by atoms with Gasteiger partial charge in [-0.2, -0.15) is 0 Å². The first-order valence-corrected chi connectivity index (χ1v) is 9.62. The van der Waals surface area contributed by atoms with Gasteiger partial charge in [0.2, 0.25) is 0 Å². The molecule has 1 aliphatic carbocycles. The first-order chi connectivity index (χ1) is 9.29. The summed E-state index contributed by atoms with van der Waals surface area (Å²) in [6, 6.07) is 0. The molecule has 4 heteroatoms. The first kappa shape index (κ1) is 16.9. The number of rotatable bonds is 7. The van der Waals surface area contributed by atoms with E-state index in [4.69, 9.17) is 13.3 Å². The molecule has 112 valence electrons. The third-order valence-electron chi connectivity index (χ3n) is 3.44. The fourth-order valence-corrected chi connectivity index (χ4v) is 5.44. The summed E-state index contributed by atoms with van der Waals surface area (Å²) in [7, 11) is -2.61. The van der Waals surface area contributed by atoms with E-state index in [0.717, 1.165) is 12.8 Å². The van der Waals surface area contributed by atoms with Gasteiger partial charge >= 0.3 is 8.80 Å². The van der Waals surface area contributed by atoms with Crippen LogP contribution in [-0.4, -0.2) is 28.6 Å². The van der Waals surface area contributed by atoms with Crippen molar-refractivity contribution in [1.82, 2.24) is 0 Å². The van der Waals surface area contributed by atoms with Gasteiger partial charge in [-0.05, 0) is 51.7 Å². The molecule has 0 N–H and O–H groups in total. The second-order valence-electron chi connectivity index (χ2n) is 4.89. The van der Waals surface area contributed by atoms with Crippen molar-refractivity contribution in [1.29, 1.82) is 0 Å². The van der Waals surface area contributed by atoms with Crippen molar-refractivity contribution in [3.63, 3.8) is 0 Å². The van der Waals surface area contributed by atoms with Gasteiger partial charge in [0.05, 0.1) is 0 Å². The smallest absolute Gasteiger partial charge is 0.370 e. The average Bonchev–Trinajstić information content (AvgIpc) is 2.53. The monoisotopic (exact) mass is 286 g/mol. The van der Waals surface area contributed by atoms with E-state index in [1.807, 2.05) is 20.8 Å². The zero-order valence-corrected chi connectivity index (χ0v) is 13.9. The van der Waals surface area contributed by atoms with E-state index in [1.165, 1.54) is 37.3 Å². The molecule has 0 aromatic carbocycles. The van der Waals surface area contributed by atoms with Crippen LogP contribution in [0.4, 0.5) is 0 Å². The van der Waals surface area contributed by atoms with Crippen LogP contribution >= 0.6 is 0 Å². The summed E-state index contributed by atoms with van der Waals surface area (Å²) in [5.74, 6) is 0. The lowest BCUT2D eigenvalue weighted by Gasteiger charge is -2.30. The van der Waals surface area contributed by atoms with Crippen LogP contribution in [0.5, 0.6) is 0 Å². The topological polar surface area (TPSA) is 27.7 Å². The largest absolute Gasteiger partial charge is 0.532 e. The molecule has 1 rings (SSSR count). The van der Waals surface area contributed by atoms with Gasteiger partial charge in [-0.25, -0.2) is 0 Å². The molecule has 0 heterocycles. The SMILES string of the molecule is CCO[Si](OCC)(OCC)C1=CCCCCCCC1. The van der Waals surface area contributed by atoms with Gasteiger partial charge in [-0.3, -0.25) is 0 Å². The van der Waals surface area contributed by atoms with Gasteiger partial charge in [-0.15, -0.1) is 0 Å². The van der Waals surface area contributed by atoms with Crippen LogP contribution in [0.25, 0.3) is 0 Å². The molecule has 3 nitrogen and oxygen atoms in total. The van der Waals surface area contributed by atoms with E-state index in [-0.39, 0.29) is 0 Å². The Balaban J connectivity index is 2.89. The van der Waals surface area contributed by atoms with Gasteiger partial charge in [-0.1, -0.05) is 25.3 Å². The fraction of sp³-hybridized carbons (Fsp3) is 0.867. The Hall–Kier alpha value is -0.163. The average molecular weight is 286 g/mol. The lowest BCUT2D eigenvalue weighted by Crippen LogP contribution is -2.48. The molecule has 0 bridgehead atoms. The van der Waals surface area contributed by atoms with Crippen molar-refractivity contribution in [2.24, 2.45) is 0 Å². The van der Waals surface area contributed by atoms with Crippen LogP contribution in [0, 0.1) is 0 Å². The molecule has 0 saturated heterocycles. The summed E-state index contributed by atoms with van der Waals surface area (Å²) >= 11 is 0. The maximum Gasteiger partial charge on any atom is 0.532 e. The maximum absolute atomic E-state index is 6.01. The van der Waals surface area contributed by atoms with Crippen molar-refractivity contribution in [3.8, 4) is 0 Å². The van der Waals surface area contributed by atoms with E-state index < -0.39 is 8.80 Å². The van der Waals surface area contributed by atoms with E-state index in [2.05, 4.69) is 6.08 Å². The molecule has 0 amide bonds. The van der Waals surface area contributed by atoms with Gasteiger partial charge < -0.3 is 13.3 Å². The van der Waals surface area contributed by atoms with Crippen molar-refractivity contribution < 1.29 is 13.3 Å². The fourth-order valence-electron chi connectivity index (χ4n) is 2.62. The summed E-state index contributed by atoms with van der Waals surface area (Å²) in [5.41, 5.74) is 0. The Morgan fingerprint density at radius 1 is 0.842 bits per heavy atom. The minimum absolute atomic E-state index is 0.656. The molecule has 0 fully saturated rings. The van der Waals surface area contributed by atoms with Crippen LogP contribution < -0.4 is 0 Å². The maximum atomic E-state index is 6.01. The molecule has 0 atom stereocenters. The van der Waals surface area contributed by atoms with E-state index in [1.54, 1.807) is 0 Å². The van der Waals surface area contributed by atoms with Crippen molar-refractivity contribution in [3.05, 3.63) is 11.3 Å². The summed E-state index contributed by atoms with van der Waals surface area (Å²) < 4.78 is 18.0. The Kier molecular flexibility index (Phi) is 8.62.